The van der Waals surface area contributed by atoms with Gasteiger partial charge in [-0.3, -0.25) is 0 Å². The first-order valence-electron chi connectivity index (χ1n) is 6.58. The smallest absolute Gasteiger partial charge is 0.146 e. The van der Waals surface area contributed by atoms with Crippen molar-refractivity contribution in [1.82, 2.24) is 9.97 Å². The third kappa shape index (κ3) is 2.19. The highest BCUT2D eigenvalue weighted by molar-refractivity contribution is 9.10. The van der Waals surface area contributed by atoms with Crippen LogP contribution in [0.25, 0.3) is 0 Å². The Balaban J connectivity index is 1.88. The van der Waals surface area contributed by atoms with Crippen LogP contribution in [-0.4, -0.2) is 22.6 Å². The van der Waals surface area contributed by atoms with Crippen molar-refractivity contribution in [2.45, 2.75) is 44.6 Å². The summed E-state index contributed by atoms with van der Waals surface area (Å²) in [4.78, 5) is 11.0. The molecule has 1 aliphatic heterocycles. The SMILES string of the molecule is Brc1cncnc1N1CCCC2CCCCC21. The van der Waals surface area contributed by atoms with Crippen LogP contribution in [0.3, 0.4) is 0 Å². The molecule has 2 atom stereocenters. The Kier molecular flexibility index (Phi) is 3.32. The minimum Gasteiger partial charge on any atom is -0.352 e. The standard InChI is InChI=1S/C13H18BrN3/c14-11-8-15-9-16-13(11)17-7-3-5-10-4-1-2-6-12(10)17/h8-10,12H,1-7H2. The van der Waals surface area contributed by atoms with Gasteiger partial charge in [0.25, 0.3) is 0 Å². The number of piperidine rings is 1. The second-order valence-electron chi connectivity index (χ2n) is 5.14. The van der Waals surface area contributed by atoms with Gasteiger partial charge in [-0.15, -0.1) is 0 Å². The maximum absolute atomic E-state index is 4.46. The zero-order valence-electron chi connectivity index (χ0n) is 9.98. The highest BCUT2D eigenvalue weighted by atomic mass is 79.9. The Morgan fingerprint density at radius 3 is 2.88 bits per heavy atom. The minimum atomic E-state index is 0.712. The molecule has 2 unspecified atom stereocenters. The Bertz CT molecular complexity index is 394. The normalized spacial score (nSPS) is 28.9. The van der Waals surface area contributed by atoms with Crippen molar-refractivity contribution in [3.63, 3.8) is 0 Å². The Hall–Kier alpha value is -0.640. The van der Waals surface area contributed by atoms with E-state index in [1.54, 1.807) is 6.33 Å². The average Bonchev–Trinajstić information content (AvgIpc) is 2.39. The lowest BCUT2D eigenvalue weighted by Gasteiger charge is -2.45. The quantitative estimate of drug-likeness (QED) is 0.795. The molecule has 2 aliphatic rings. The summed E-state index contributed by atoms with van der Waals surface area (Å²) >= 11 is 3.58. The molecule has 1 aromatic rings. The van der Waals surface area contributed by atoms with Gasteiger partial charge in [0.1, 0.15) is 12.1 Å². The van der Waals surface area contributed by atoms with Crippen molar-refractivity contribution in [1.29, 1.82) is 0 Å². The molecule has 1 aromatic heterocycles. The van der Waals surface area contributed by atoms with E-state index in [-0.39, 0.29) is 0 Å². The number of nitrogens with zero attached hydrogens (tertiary/aromatic N) is 3. The summed E-state index contributed by atoms with van der Waals surface area (Å²) in [6.45, 7) is 1.15. The number of hydrogen-bond acceptors (Lipinski definition) is 3. The van der Waals surface area contributed by atoms with Crippen molar-refractivity contribution in [3.05, 3.63) is 17.0 Å². The van der Waals surface area contributed by atoms with Crippen LogP contribution < -0.4 is 4.90 Å². The van der Waals surface area contributed by atoms with Crippen molar-refractivity contribution >= 4 is 21.7 Å². The van der Waals surface area contributed by atoms with Crippen molar-refractivity contribution in [2.75, 3.05) is 11.4 Å². The van der Waals surface area contributed by atoms with Gasteiger partial charge in [0.05, 0.1) is 4.47 Å². The van der Waals surface area contributed by atoms with Crippen molar-refractivity contribution < 1.29 is 0 Å². The van der Waals surface area contributed by atoms with E-state index in [0.717, 1.165) is 22.8 Å². The summed E-state index contributed by atoms with van der Waals surface area (Å²) in [6.07, 6.45) is 11.8. The summed E-state index contributed by atoms with van der Waals surface area (Å²) in [5.41, 5.74) is 0. The minimum absolute atomic E-state index is 0.712. The first-order valence-corrected chi connectivity index (χ1v) is 7.37. The summed E-state index contributed by atoms with van der Waals surface area (Å²) in [5, 5.41) is 0. The largest absolute Gasteiger partial charge is 0.352 e. The fourth-order valence-corrected chi connectivity index (χ4v) is 3.85. The number of halogens is 1. The first-order chi connectivity index (χ1) is 8.36. The topological polar surface area (TPSA) is 29.0 Å². The molecule has 0 N–H and O–H groups in total. The summed E-state index contributed by atoms with van der Waals surface area (Å²) in [5.74, 6) is 1.98. The van der Waals surface area contributed by atoms with E-state index in [1.807, 2.05) is 6.20 Å². The zero-order valence-corrected chi connectivity index (χ0v) is 11.6. The zero-order chi connectivity index (χ0) is 11.7. The van der Waals surface area contributed by atoms with E-state index in [2.05, 4.69) is 30.8 Å². The van der Waals surface area contributed by atoms with Gasteiger partial charge < -0.3 is 4.90 Å². The van der Waals surface area contributed by atoms with Crippen LogP contribution in [0.2, 0.25) is 0 Å². The van der Waals surface area contributed by atoms with Crippen LogP contribution in [0.15, 0.2) is 17.0 Å². The van der Waals surface area contributed by atoms with Gasteiger partial charge in [-0.1, -0.05) is 12.8 Å². The van der Waals surface area contributed by atoms with Crippen LogP contribution in [0.1, 0.15) is 38.5 Å². The van der Waals surface area contributed by atoms with Crippen molar-refractivity contribution in [2.24, 2.45) is 5.92 Å². The van der Waals surface area contributed by atoms with Gasteiger partial charge in [-0.05, 0) is 47.5 Å². The molecule has 0 aromatic carbocycles. The molecule has 4 heteroatoms. The summed E-state index contributed by atoms with van der Waals surface area (Å²) in [7, 11) is 0. The summed E-state index contributed by atoms with van der Waals surface area (Å²) < 4.78 is 1.03. The Morgan fingerprint density at radius 2 is 2.00 bits per heavy atom. The lowest BCUT2D eigenvalue weighted by atomic mass is 9.78. The number of fused-ring (bicyclic) bond motifs is 1. The molecule has 3 nitrogen and oxygen atoms in total. The lowest BCUT2D eigenvalue weighted by Crippen LogP contribution is -2.47. The molecule has 2 fully saturated rings. The maximum Gasteiger partial charge on any atom is 0.146 e. The Labute approximate surface area is 111 Å². The summed E-state index contributed by atoms with van der Waals surface area (Å²) in [6, 6.07) is 0.712. The van der Waals surface area contributed by atoms with E-state index in [1.165, 1.54) is 38.5 Å². The lowest BCUT2D eigenvalue weighted by molar-refractivity contribution is 0.242. The van der Waals surface area contributed by atoms with Gasteiger partial charge in [0.2, 0.25) is 0 Å². The van der Waals surface area contributed by atoms with E-state index in [9.17, 15) is 0 Å². The van der Waals surface area contributed by atoms with Gasteiger partial charge >= 0.3 is 0 Å². The Morgan fingerprint density at radius 1 is 1.18 bits per heavy atom. The molecular weight excluding hydrogens is 278 g/mol. The molecule has 92 valence electrons. The van der Waals surface area contributed by atoms with Crippen LogP contribution >= 0.6 is 15.9 Å². The molecule has 2 heterocycles. The molecule has 1 saturated heterocycles. The fraction of sp³-hybridized carbons (Fsp3) is 0.692. The van der Waals surface area contributed by atoms with Gasteiger partial charge in [0, 0.05) is 18.8 Å². The third-order valence-electron chi connectivity index (χ3n) is 4.16. The third-order valence-corrected chi connectivity index (χ3v) is 4.72. The molecule has 0 radical (unpaired) electrons. The second kappa shape index (κ2) is 4.92. The van der Waals surface area contributed by atoms with Gasteiger partial charge in [0.15, 0.2) is 0 Å². The number of aromatic nitrogens is 2. The van der Waals surface area contributed by atoms with Crippen LogP contribution in [0, 0.1) is 5.92 Å². The van der Waals surface area contributed by atoms with Gasteiger partial charge in [-0.2, -0.15) is 0 Å². The van der Waals surface area contributed by atoms with Crippen LogP contribution in [0.4, 0.5) is 5.82 Å². The molecule has 17 heavy (non-hydrogen) atoms. The monoisotopic (exact) mass is 295 g/mol. The van der Waals surface area contributed by atoms with E-state index in [4.69, 9.17) is 0 Å². The highest BCUT2D eigenvalue weighted by Crippen LogP contribution is 2.38. The van der Waals surface area contributed by atoms with E-state index < -0.39 is 0 Å². The van der Waals surface area contributed by atoms with E-state index in [0.29, 0.717) is 6.04 Å². The second-order valence-corrected chi connectivity index (χ2v) is 6.00. The highest BCUT2D eigenvalue weighted by Gasteiger charge is 2.34. The molecule has 0 spiro atoms. The number of rotatable bonds is 1. The molecular formula is C13H18BrN3. The fourth-order valence-electron chi connectivity index (χ4n) is 3.41. The van der Waals surface area contributed by atoms with Crippen molar-refractivity contribution in [3.8, 4) is 0 Å². The van der Waals surface area contributed by atoms with Crippen LogP contribution in [0.5, 0.6) is 0 Å². The molecule has 1 saturated carbocycles. The molecule has 0 bridgehead atoms. The first kappa shape index (κ1) is 11.5. The predicted octanol–water partition coefficient (Wildman–Crippen LogP) is 3.40. The maximum atomic E-state index is 4.46. The van der Waals surface area contributed by atoms with E-state index >= 15 is 0 Å². The molecule has 0 amide bonds. The average molecular weight is 296 g/mol. The number of hydrogen-bond donors (Lipinski definition) is 0. The molecule has 1 aliphatic carbocycles. The number of anilines is 1. The predicted molar refractivity (Wildman–Crippen MR) is 72.1 cm³/mol. The molecule has 3 rings (SSSR count). The van der Waals surface area contributed by atoms with Gasteiger partial charge in [-0.25, -0.2) is 9.97 Å². The van der Waals surface area contributed by atoms with Crippen LogP contribution in [-0.2, 0) is 0 Å².